The number of hydrogen-bond acceptors (Lipinski definition) is 5. The van der Waals surface area contributed by atoms with Crippen LogP contribution in [0.25, 0.3) is 0 Å². The van der Waals surface area contributed by atoms with Crippen LogP contribution >= 0.6 is 0 Å². The fourth-order valence-electron chi connectivity index (χ4n) is 4.60. The summed E-state index contributed by atoms with van der Waals surface area (Å²) in [5, 5.41) is 9.11. The van der Waals surface area contributed by atoms with E-state index in [1.807, 2.05) is 76.3 Å². The summed E-state index contributed by atoms with van der Waals surface area (Å²) in [6.07, 6.45) is 16.3. The van der Waals surface area contributed by atoms with Gasteiger partial charge in [-0.05, 0) is 77.3 Å². The highest BCUT2D eigenvalue weighted by Gasteiger charge is 2.40. The smallest absolute Gasteiger partial charge is 0.159 e. The number of hydrogen-bond donors (Lipinski definition) is 1. The van der Waals surface area contributed by atoms with Crippen LogP contribution in [-0.2, 0) is 25.6 Å². The van der Waals surface area contributed by atoms with Crippen molar-refractivity contribution in [1.29, 1.82) is 0 Å². The lowest BCUT2D eigenvalue weighted by Crippen LogP contribution is -2.36. The Morgan fingerprint density at radius 2 is 1.56 bits per heavy atom. The Morgan fingerprint density at radius 1 is 0.949 bits per heavy atom. The predicted octanol–water partition coefficient (Wildman–Crippen LogP) is 8.10. The molecule has 1 N–H and O–H groups in total. The van der Waals surface area contributed by atoms with E-state index >= 15 is 0 Å². The van der Waals surface area contributed by atoms with Gasteiger partial charge in [0.15, 0.2) is 5.78 Å². The van der Waals surface area contributed by atoms with Crippen LogP contribution in [0.15, 0.2) is 60.2 Å². The lowest BCUT2D eigenvalue weighted by Gasteiger charge is -2.37. The number of benzene rings is 1. The Balaban J connectivity index is 0.000000581. The third kappa shape index (κ3) is 13.5. The van der Waals surface area contributed by atoms with Crippen LogP contribution in [0, 0.1) is 11.3 Å². The van der Waals surface area contributed by atoms with E-state index in [0.717, 1.165) is 49.7 Å². The summed E-state index contributed by atoms with van der Waals surface area (Å²) in [5.74, 6) is 1.31. The van der Waals surface area contributed by atoms with Crippen LogP contribution in [-0.4, -0.2) is 28.2 Å². The molecule has 0 spiro atoms. The van der Waals surface area contributed by atoms with Gasteiger partial charge in [-0.25, -0.2) is 0 Å². The van der Waals surface area contributed by atoms with Gasteiger partial charge in [0.1, 0.15) is 23.1 Å². The van der Waals surface area contributed by atoms with Crippen molar-refractivity contribution in [3.8, 4) is 5.75 Å². The monoisotopic (exact) mass is 538 g/mol. The van der Waals surface area contributed by atoms with Crippen molar-refractivity contribution in [2.45, 2.75) is 106 Å². The molecule has 1 aromatic carbocycles. The zero-order valence-electron chi connectivity index (χ0n) is 25.2. The highest BCUT2D eigenvalue weighted by Crippen LogP contribution is 2.43. The number of para-hydroxylation sites is 1. The Morgan fingerprint density at radius 3 is 2.03 bits per heavy atom. The van der Waals surface area contributed by atoms with Crippen molar-refractivity contribution in [3.63, 3.8) is 0 Å². The third-order valence-corrected chi connectivity index (χ3v) is 7.21. The van der Waals surface area contributed by atoms with Crippen LogP contribution in [0.1, 0.15) is 105 Å². The number of Topliss-reactive ketones (excluding diaryl/α,β-unsaturated/α-hetero) is 4. The first kappa shape index (κ1) is 35.9. The highest BCUT2D eigenvalue weighted by atomic mass is 16.3. The molecule has 39 heavy (non-hydrogen) atoms. The number of allylic oxidation sites excluding steroid dienone is 6. The molecular weight excluding hydrogens is 488 g/mol. The molecule has 0 aromatic heterocycles. The van der Waals surface area contributed by atoms with Gasteiger partial charge >= 0.3 is 0 Å². The first-order valence-corrected chi connectivity index (χ1v) is 14.4. The van der Waals surface area contributed by atoms with E-state index in [1.54, 1.807) is 26.8 Å². The summed E-state index contributed by atoms with van der Waals surface area (Å²) in [6, 6.07) is 7.39. The molecule has 5 heteroatoms. The van der Waals surface area contributed by atoms with Gasteiger partial charge in [0.05, 0.1) is 0 Å². The number of aryl methyl sites for hydroxylation is 1. The SMILES string of the molecule is CC.CC(=O)C1=CC=CCC=C1.CCC(=O)C1CCC(CCC(C)=O)(C(C)=O)CC1.CCc1ccccc1O. The first-order valence-electron chi connectivity index (χ1n) is 14.4. The molecule has 5 nitrogen and oxygen atoms in total. The van der Waals surface area contributed by atoms with Crippen LogP contribution in [0.5, 0.6) is 5.75 Å². The highest BCUT2D eigenvalue weighted by molar-refractivity contribution is 5.96. The molecule has 2 aliphatic carbocycles. The molecule has 0 saturated heterocycles. The van der Waals surface area contributed by atoms with Gasteiger partial charge in [-0.1, -0.05) is 76.3 Å². The third-order valence-electron chi connectivity index (χ3n) is 7.21. The maximum absolute atomic E-state index is 11.9. The largest absolute Gasteiger partial charge is 0.508 e. The van der Waals surface area contributed by atoms with E-state index < -0.39 is 0 Å². The standard InChI is InChI=1S/C15H24O3.C9H10O.C8H10O.C2H6/c1-4-14(18)13-6-9-15(10-7-13,12(3)17)8-5-11(2)16;1-8(10)9-6-4-2-3-5-7-9;1-2-7-5-3-4-6-8(7)9;1-2/h13H,4-10H2,1-3H3;2,4-7H,3H2,1H3;3-6,9H,2H2,1H3;1-2H3. The maximum Gasteiger partial charge on any atom is 0.159 e. The summed E-state index contributed by atoms with van der Waals surface area (Å²) in [7, 11) is 0. The number of phenols is 1. The second-order valence-corrected chi connectivity index (χ2v) is 9.86. The number of rotatable bonds is 8. The summed E-state index contributed by atoms with van der Waals surface area (Å²) in [4.78, 5) is 45.5. The number of carbonyl (C=O) groups is 4. The average Bonchev–Trinajstić information content (AvgIpc) is 3.24. The fraction of sp³-hybridized carbons (Fsp3) is 0.529. The van der Waals surface area contributed by atoms with Gasteiger partial charge in [0.2, 0.25) is 0 Å². The summed E-state index contributed by atoms with van der Waals surface area (Å²) < 4.78 is 0. The number of aromatic hydroxyl groups is 1. The van der Waals surface area contributed by atoms with Crippen molar-refractivity contribution in [1.82, 2.24) is 0 Å². The Hall–Kier alpha value is -3.08. The number of carbonyl (C=O) groups excluding carboxylic acids is 4. The topological polar surface area (TPSA) is 88.5 Å². The van der Waals surface area contributed by atoms with Gasteiger partial charge < -0.3 is 9.90 Å². The quantitative estimate of drug-likeness (QED) is 0.361. The van der Waals surface area contributed by atoms with Gasteiger partial charge in [0.25, 0.3) is 0 Å². The molecule has 216 valence electrons. The lowest BCUT2D eigenvalue weighted by atomic mass is 9.65. The first-order chi connectivity index (χ1) is 18.6. The van der Waals surface area contributed by atoms with E-state index in [0.29, 0.717) is 30.8 Å². The number of ketones is 4. The molecule has 0 atom stereocenters. The maximum atomic E-state index is 11.9. The van der Waals surface area contributed by atoms with Crippen molar-refractivity contribution < 1.29 is 24.3 Å². The molecule has 0 aliphatic heterocycles. The molecule has 0 radical (unpaired) electrons. The van der Waals surface area contributed by atoms with E-state index in [-0.39, 0.29) is 28.7 Å². The minimum atomic E-state index is -0.337. The Bertz CT molecular complexity index is 1000. The molecule has 0 amide bonds. The second-order valence-electron chi connectivity index (χ2n) is 9.86. The van der Waals surface area contributed by atoms with Gasteiger partial charge in [0, 0.05) is 29.7 Å². The summed E-state index contributed by atoms with van der Waals surface area (Å²) in [5.41, 5.74) is 1.46. The second kappa shape index (κ2) is 19.9. The van der Waals surface area contributed by atoms with Crippen molar-refractivity contribution in [3.05, 3.63) is 65.8 Å². The van der Waals surface area contributed by atoms with E-state index in [2.05, 4.69) is 0 Å². The normalized spacial score (nSPS) is 19.4. The van der Waals surface area contributed by atoms with E-state index in [4.69, 9.17) is 5.11 Å². The Labute approximate surface area is 236 Å². The van der Waals surface area contributed by atoms with Crippen LogP contribution < -0.4 is 0 Å². The van der Waals surface area contributed by atoms with Crippen LogP contribution in [0.4, 0.5) is 0 Å². The van der Waals surface area contributed by atoms with Crippen LogP contribution in [0.3, 0.4) is 0 Å². The zero-order valence-corrected chi connectivity index (χ0v) is 25.2. The zero-order chi connectivity index (χ0) is 29.8. The molecule has 0 bridgehead atoms. The molecular formula is C34H50O5. The molecule has 0 unspecified atom stereocenters. The molecule has 1 fully saturated rings. The molecule has 1 aromatic rings. The van der Waals surface area contributed by atoms with Crippen molar-refractivity contribution >= 4 is 23.1 Å². The van der Waals surface area contributed by atoms with Crippen LogP contribution in [0.2, 0.25) is 0 Å². The minimum Gasteiger partial charge on any atom is -0.508 e. The summed E-state index contributed by atoms with van der Waals surface area (Å²) in [6.45, 7) is 12.7. The molecule has 3 rings (SSSR count). The van der Waals surface area contributed by atoms with E-state index in [9.17, 15) is 19.2 Å². The molecule has 2 aliphatic rings. The van der Waals surface area contributed by atoms with Gasteiger partial charge in [-0.15, -0.1) is 0 Å². The predicted molar refractivity (Wildman–Crippen MR) is 161 cm³/mol. The van der Waals surface area contributed by atoms with Crippen molar-refractivity contribution in [2.75, 3.05) is 0 Å². The Kier molecular flexibility index (Phi) is 18.3. The number of phenolic OH excluding ortho intramolecular Hbond substituents is 1. The van der Waals surface area contributed by atoms with Gasteiger partial charge in [-0.3, -0.25) is 14.4 Å². The average molecular weight is 539 g/mol. The minimum absolute atomic E-state index is 0.128. The molecule has 0 heterocycles. The lowest BCUT2D eigenvalue weighted by molar-refractivity contribution is -0.133. The van der Waals surface area contributed by atoms with E-state index in [1.165, 1.54) is 0 Å². The fourth-order valence-corrected chi connectivity index (χ4v) is 4.60. The molecule has 1 saturated carbocycles. The van der Waals surface area contributed by atoms with Gasteiger partial charge in [-0.2, -0.15) is 0 Å². The summed E-state index contributed by atoms with van der Waals surface area (Å²) >= 11 is 0. The van der Waals surface area contributed by atoms with Crippen molar-refractivity contribution in [2.24, 2.45) is 11.3 Å².